The zero-order valence-electron chi connectivity index (χ0n) is 12.3. The molecule has 0 aliphatic heterocycles. The zero-order valence-corrected chi connectivity index (χ0v) is 12.3. The maximum Gasteiger partial charge on any atom is 0.128 e. The van der Waals surface area contributed by atoms with E-state index in [4.69, 9.17) is 4.74 Å². The Hall–Kier alpha value is -2.48. The normalized spacial score (nSPS) is 10.8. The zero-order chi connectivity index (χ0) is 14.8. The third kappa shape index (κ3) is 2.57. The highest BCUT2D eigenvalue weighted by atomic mass is 16.5. The number of aromatic hydroxyl groups is 1. The van der Waals surface area contributed by atoms with Gasteiger partial charge in [0.1, 0.15) is 18.1 Å². The third-order valence-electron chi connectivity index (χ3n) is 3.73. The predicted octanol–water partition coefficient (Wildman–Crippen LogP) is 4.74. The molecule has 0 bridgehead atoms. The monoisotopic (exact) mass is 278 g/mol. The van der Waals surface area contributed by atoms with Crippen molar-refractivity contribution in [1.82, 2.24) is 0 Å². The van der Waals surface area contributed by atoms with Crippen molar-refractivity contribution in [1.29, 1.82) is 0 Å². The van der Waals surface area contributed by atoms with E-state index in [1.165, 1.54) is 0 Å². The Bertz CT molecular complexity index is 776. The molecule has 0 heterocycles. The Balaban J connectivity index is 2.04. The van der Waals surface area contributed by atoms with E-state index in [1.54, 1.807) is 0 Å². The fraction of sp³-hybridized carbons (Fsp3) is 0.158. The van der Waals surface area contributed by atoms with E-state index in [-0.39, 0.29) is 0 Å². The van der Waals surface area contributed by atoms with Crippen molar-refractivity contribution in [2.24, 2.45) is 0 Å². The van der Waals surface area contributed by atoms with E-state index in [0.717, 1.165) is 33.2 Å². The van der Waals surface area contributed by atoms with Crippen molar-refractivity contribution in [2.45, 2.75) is 20.5 Å². The van der Waals surface area contributed by atoms with Crippen LogP contribution in [0.2, 0.25) is 0 Å². The summed E-state index contributed by atoms with van der Waals surface area (Å²) >= 11 is 0. The molecule has 0 saturated heterocycles. The van der Waals surface area contributed by atoms with E-state index in [0.29, 0.717) is 12.4 Å². The highest BCUT2D eigenvalue weighted by Gasteiger charge is 2.11. The van der Waals surface area contributed by atoms with Crippen LogP contribution in [0.3, 0.4) is 0 Å². The van der Waals surface area contributed by atoms with Crippen LogP contribution in [-0.4, -0.2) is 5.11 Å². The summed E-state index contributed by atoms with van der Waals surface area (Å²) < 4.78 is 6.01. The van der Waals surface area contributed by atoms with Gasteiger partial charge in [0, 0.05) is 10.8 Å². The van der Waals surface area contributed by atoms with Gasteiger partial charge in [-0.25, -0.2) is 0 Å². The van der Waals surface area contributed by atoms with Crippen LogP contribution < -0.4 is 4.74 Å². The molecule has 106 valence electrons. The van der Waals surface area contributed by atoms with Gasteiger partial charge in [-0.05, 0) is 36.6 Å². The summed E-state index contributed by atoms with van der Waals surface area (Å²) in [5.41, 5.74) is 3.06. The number of ether oxygens (including phenoxy) is 1. The van der Waals surface area contributed by atoms with Crippen LogP contribution in [0.1, 0.15) is 16.7 Å². The van der Waals surface area contributed by atoms with E-state index >= 15 is 0 Å². The lowest BCUT2D eigenvalue weighted by molar-refractivity contribution is 0.309. The number of hydrogen-bond donors (Lipinski definition) is 1. The molecule has 0 fully saturated rings. The summed E-state index contributed by atoms with van der Waals surface area (Å²) in [5.74, 6) is 1.16. The molecule has 0 radical (unpaired) electrons. The standard InChI is InChI=1S/C19H18O2/c1-13-7-6-10-16-18(13)17(11-14(2)19(16)20)21-12-15-8-4-3-5-9-15/h3-11,20H,12H2,1-2H3. The Morgan fingerprint density at radius 2 is 1.67 bits per heavy atom. The van der Waals surface area contributed by atoms with Gasteiger partial charge < -0.3 is 9.84 Å². The van der Waals surface area contributed by atoms with Gasteiger partial charge >= 0.3 is 0 Å². The summed E-state index contributed by atoms with van der Waals surface area (Å²) in [6, 6.07) is 17.9. The average molecular weight is 278 g/mol. The molecule has 0 atom stereocenters. The molecule has 0 amide bonds. The van der Waals surface area contributed by atoms with Crippen molar-refractivity contribution in [3.63, 3.8) is 0 Å². The molecule has 0 saturated carbocycles. The molecule has 0 aliphatic carbocycles. The van der Waals surface area contributed by atoms with Gasteiger partial charge in [-0.2, -0.15) is 0 Å². The first kappa shape index (κ1) is 13.5. The maximum atomic E-state index is 10.2. The summed E-state index contributed by atoms with van der Waals surface area (Å²) in [5, 5.41) is 12.1. The van der Waals surface area contributed by atoms with Crippen molar-refractivity contribution in [2.75, 3.05) is 0 Å². The van der Waals surface area contributed by atoms with Crippen molar-refractivity contribution in [3.05, 3.63) is 71.3 Å². The minimum atomic E-state index is 0.334. The molecule has 3 aromatic carbocycles. The second-order valence-electron chi connectivity index (χ2n) is 5.31. The molecule has 1 N–H and O–H groups in total. The first-order chi connectivity index (χ1) is 10.2. The molecule has 3 rings (SSSR count). The number of rotatable bonds is 3. The fourth-order valence-electron chi connectivity index (χ4n) is 2.59. The molecule has 2 nitrogen and oxygen atoms in total. The van der Waals surface area contributed by atoms with Crippen LogP contribution in [0.5, 0.6) is 11.5 Å². The number of phenols is 1. The largest absolute Gasteiger partial charge is 0.507 e. The Morgan fingerprint density at radius 1 is 0.905 bits per heavy atom. The number of fused-ring (bicyclic) bond motifs is 1. The molecule has 3 aromatic rings. The Kier molecular flexibility index (Phi) is 3.53. The summed E-state index contributed by atoms with van der Waals surface area (Å²) in [6.07, 6.45) is 0. The highest BCUT2D eigenvalue weighted by molar-refractivity contribution is 5.96. The molecule has 2 heteroatoms. The van der Waals surface area contributed by atoms with Crippen LogP contribution in [0.25, 0.3) is 10.8 Å². The van der Waals surface area contributed by atoms with Gasteiger partial charge in [0.15, 0.2) is 0 Å². The van der Waals surface area contributed by atoms with Crippen molar-refractivity contribution < 1.29 is 9.84 Å². The van der Waals surface area contributed by atoms with E-state index < -0.39 is 0 Å². The van der Waals surface area contributed by atoms with E-state index in [2.05, 4.69) is 0 Å². The van der Waals surface area contributed by atoms with Gasteiger partial charge in [-0.15, -0.1) is 0 Å². The lowest BCUT2D eigenvalue weighted by Gasteiger charge is -2.14. The number of aryl methyl sites for hydroxylation is 2. The highest BCUT2D eigenvalue weighted by Crippen LogP contribution is 2.37. The van der Waals surface area contributed by atoms with Gasteiger partial charge in [-0.1, -0.05) is 48.5 Å². The van der Waals surface area contributed by atoms with E-state index in [1.807, 2.05) is 68.4 Å². The second kappa shape index (κ2) is 5.49. The predicted molar refractivity (Wildman–Crippen MR) is 85.9 cm³/mol. The molecular formula is C19H18O2. The minimum absolute atomic E-state index is 0.334. The van der Waals surface area contributed by atoms with Crippen LogP contribution in [0.15, 0.2) is 54.6 Å². The van der Waals surface area contributed by atoms with Crippen molar-refractivity contribution >= 4 is 10.8 Å². The Labute approximate surface area is 124 Å². The first-order valence-electron chi connectivity index (χ1n) is 7.05. The molecule has 21 heavy (non-hydrogen) atoms. The summed E-state index contributed by atoms with van der Waals surface area (Å²) in [4.78, 5) is 0. The second-order valence-corrected chi connectivity index (χ2v) is 5.31. The first-order valence-corrected chi connectivity index (χ1v) is 7.05. The number of hydrogen-bond acceptors (Lipinski definition) is 2. The van der Waals surface area contributed by atoms with Crippen LogP contribution in [0, 0.1) is 13.8 Å². The number of phenolic OH excluding ortho intramolecular Hbond substituents is 1. The minimum Gasteiger partial charge on any atom is -0.507 e. The molecule has 0 aromatic heterocycles. The fourth-order valence-corrected chi connectivity index (χ4v) is 2.59. The van der Waals surface area contributed by atoms with Crippen LogP contribution in [-0.2, 0) is 6.61 Å². The molecule has 0 unspecified atom stereocenters. The molecular weight excluding hydrogens is 260 g/mol. The molecule has 0 aliphatic rings. The average Bonchev–Trinajstić information content (AvgIpc) is 2.50. The van der Waals surface area contributed by atoms with Gasteiger partial charge in [-0.3, -0.25) is 0 Å². The quantitative estimate of drug-likeness (QED) is 0.749. The van der Waals surface area contributed by atoms with Crippen LogP contribution in [0.4, 0.5) is 0 Å². The van der Waals surface area contributed by atoms with Gasteiger partial charge in [0.2, 0.25) is 0 Å². The van der Waals surface area contributed by atoms with Gasteiger partial charge in [0.05, 0.1) is 0 Å². The summed E-state index contributed by atoms with van der Waals surface area (Å²) in [7, 11) is 0. The SMILES string of the molecule is Cc1cc(OCc2ccccc2)c2c(C)cccc2c1O. The smallest absolute Gasteiger partial charge is 0.128 e. The van der Waals surface area contributed by atoms with Crippen LogP contribution >= 0.6 is 0 Å². The van der Waals surface area contributed by atoms with Crippen molar-refractivity contribution in [3.8, 4) is 11.5 Å². The Morgan fingerprint density at radius 3 is 2.43 bits per heavy atom. The summed E-state index contributed by atoms with van der Waals surface area (Å²) in [6.45, 7) is 4.45. The number of benzene rings is 3. The van der Waals surface area contributed by atoms with Gasteiger partial charge in [0.25, 0.3) is 0 Å². The lowest BCUT2D eigenvalue weighted by atomic mass is 10.0. The van der Waals surface area contributed by atoms with E-state index in [9.17, 15) is 5.11 Å². The molecule has 0 spiro atoms. The lowest BCUT2D eigenvalue weighted by Crippen LogP contribution is -1.97. The maximum absolute atomic E-state index is 10.2. The third-order valence-corrected chi connectivity index (χ3v) is 3.73. The topological polar surface area (TPSA) is 29.5 Å².